The van der Waals surface area contributed by atoms with Crippen molar-refractivity contribution in [3.8, 4) is 107 Å². The van der Waals surface area contributed by atoms with E-state index >= 15 is 0 Å². The van der Waals surface area contributed by atoms with E-state index in [1.807, 2.05) is 65.2 Å². The van der Waals surface area contributed by atoms with Gasteiger partial charge in [-0.2, -0.15) is 10.2 Å². The van der Waals surface area contributed by atoms with E-state index in [4.69, 9.17) is 15.3 Å². The summed E-state index contributed by atoms with van der Waals surface area (Å²) in [6.07, 6.45) is 3.99. The van der Waals surface area contributed by atoms with E-state index in [9.17, 15) is 0 Å². The smallest absolute Gasteiger partial charge is 0.167 e. The molecule has 0 saturated carbocycles. The number of para-hydroxylation sites is 2. The van der Waals surface area contributed by atoms with Crippen LogP contribution < -0.4 is 0 Å². The number of nitrogens with zero attached hydrogens (tertiary/aromatic N) is 9. The largest absolute Gasteiger partial charge is 0.316 e. The average molecular weight is 1630 g/mol. The predicted octanol–water partition coefficient (Wildman–Crippen LogP) is 21.1. The van der Waals surface area contributed by atoms with E-state index in [1.54, 1.807) is 0 Å². The van der Waals surface area contributed by atoms with Crippen molar-refractivity contribution < 1.29 is 40.2 Å². The van der Waals surface area contributed by atoms with Crippen molar-refractivity contribution in [1.29, 1.82) is 0 Å². The number of aryl methyl sites for hydroxylation is 6. The Labute approximate surface area is 600 Å². The summed E-state index contributed by atoms with van der Waals surface area (Å²) >= 11 is 0. The minimum atomic E-state index is 0. The van der Waals surface area contributed by atoms with E-state index in [0.29, 0.717) is 0 Å². The van der Waals surface area contributed by atoms with Gasteiger partial charge in [0.1, 0.15) is 5.65 Å². The minimum absolute atomic E-state index is 0. The molecule has 4 heterocycles. The Kier molecular flexibility index (Phi) is 20.9. The van der Waals surface area contributed by atoms with Gasteiger partial charge >= 0.3 is 0 Å². The van der Waals surface area contributed by atoms with Crippen LogP contribution in [0.1, 0.15) is 47.2 Å². The van der Waals surface area contributed by atoms with Crippen molar-refractivity contribution in [2.24, 2.45) is 0 Å². The molecule has 0 aliphatic rings. The fourth-order valence-electron chi connectivity index (χ4n) is 13.2. The average Bonchev–Trinajstić information content (AvgIpc) is 1.57. The zero-order valence-electron chi connectivity index (χ0n) is 55.4. The normalized spacial score (nSPS) is 10.9. The molecule has 16 aromatic rings. The Morgan fingerprint density at radius 1 is 0.337 bits per heavy atom. The summed E-state index contributed by atoms with van der Waals surface area (Å²) in [6.45, 7) is 13.0. The van der Waals surface area contributed by atoms with Crippen molar-refractivity contribution >= 4 is 16.4 Å². The van der Waals surface area contributed by atoms with Crippen LogP contribution in [0.25, 0.3) is 124 Å². The summed E-state index contributed by atoms with van der Waals surface area (Å²) in [5.41, 5.74) is 24.0. The molecule has 0 amide bonds. The summed E-state index contributed by atoms with van der Waals surface area (Å²) in [5, 5.41) is 26.3. The zero-order chi connectivity index (χ0) is 65.5. The number of aromatic nitrogens is 9. The van der Waals surface area contributed by atoms with Gasteiger partial charge in [-0.3, -0.25) is 4.57 Å². The van der Waals surface area contributed by atoms with E-state index in [2.05, 4.69) is 314 Å². The van der Waals surface area contributed by atoms with Gasteiger partial charge in [-0.15, -0.1) is 87.1 Å². The minimum Gasteiger partial charge on any atom is -0.316 e. The summed E-state index contributed by atoms with van der Waals surface area (Å²) in [7, 11) is 0. The van der Waals surface area contributed by atoms with Crippen molar-refractivity contribution in [2.75, 3.05) is 0 Å². The fraction of sp³-hybridized carbons (Fsp3) is 0.0920. The van der Waals surface area contributed by atoms with Gasteiger partial charge in [0.2, 0.25) is 0 Å². The van der Waals surface area contributed by atoms with E-state index < -0.39 is 0 Å². The van der Waals surface area contributed by atoms with Crippen molar-refractivity contribution in [3.05, 3.63) is 343 Å². The molecule has 0 spiro atoms. The molecule has 9 nitrogen and oxygen atoms in total. The summed E-state index contributed by atoms with van der Waals surface area (Å²) in [6, 6.07) is 107. The molecular weight excluding hydrogens is 1560 g/mol. The van der Waals surface area contributed by atoms with Crippen LogP contribution in [0.2, 0.25) is 0 Å². The molecule has 4 aromatic heterocycles. The van der Waals surface area contributed by atoms with Crippen LogP contribution in [-0.2, 0) is 53.1 Å². The first kappa shape index (κ1) is 67.2. The Balaban J connectivity index is 0.000000139. The van der Waals surface area contributed by atoms with Crippen LogP contribution in [-0.4, -0.2) is 43.7 Å². The van der Waals surface area contributed by atoms with Crippen LogP contribution in [0.15, 0.2) is 297 Å². The van der Waals surface area contributed by atoms with Gasteiger partial charge in [0.15, 0.2) is 17.5 Å². The Morgan fingerprint density at radius 3 is 1.20 bits per heavy atom. The molecule has 0 bridgehead atoms. The van der Waals surface area contributed by atoms with Crippen LogP contribution in [0.3, 0.4) is 0 Å². The molecule has 98 heavy (non-hydrogen) atoms. The van der Waals surface area contributed by atoms with Gasteiger partial charge in [-0.25, -0.2) is 4.52 Å². The van der Waals surface area contributed by atoms with Crippen molar-refractivity contribution in [1.82, 2.24) is 43.7 Å². The molecule has 0 saturated heterocycles. The molecule has 0 aliphatic heterocycles. The second-order valence-corrected chi connectivity index (χ2v) is 24.0. The molecule has 0 aliphatic carbocycles. The van der Waals surface area contributed by atoms with E-state index in [0.717, 1.165) is 103 Å². The molecule has 16 rings (SSSR count). The second kappa shape index (κ2) is 30.5. The molecule has 0 unspecified atom stereocenters. The van der Waals surface area contributed by atoms with Gasteiger partial charge in [0.25, 0.3) is 0 Å². The van der Waals surface area contributed by atoms with Crippen LogP contribution in [0, 0.1) is 39.8 Å². The predicted molar refractivity (Wildman–Crippen MR) is 394 cm³/mol. The molecule has 2 radical (unpaired) electrons. The SMILES string of the molecule is CCc1cccc(CC)c1-n1c(-c2[c-]cccc2)nnc1-c1ccccc1-c1ccccc1.Cc1cc(C)cc(-n2c(-c3[c-]cccc3)nnc2-c2ccccc2-c2ccccc2)c1.Cc1cccc(C)c1-n1c(-c2ccccc2-c2ccccc2)nn2cc3ccccc3c12.[Ir].[Ir]. The van der Waals surface area contributed by atoms with Crippen molar-refractivity contribution in [2.45, 2.75) is 54.4 Å². The zero-order valence-corrected chi connectivity index (χ0v) is 60.2. The van der Waals surface area contributed by atoms with E-state index in [1.165, 1.54) is 66.7 Å². The fourth-order valence-corrected chi connectivity index (χ4v) is 13.2. The van der Waals surface area contributed by atoms with Crippen LogP contribution >= 0.6 is 0 Å². The number of hydrogen-bond donors (Lipinski definition) is 0. The van der Waals surface area contributed by atoms with E-state index in [-0.39, 0.29) is 40.2 Å². The Morgan fingerprint density at radius 2 is 0.735 bits per heavy atom. The standard InChI is InChI=1S/C30H26N3.C29H23N3.C28H22N3.2Ir/c1-3-22-18-13-19-23(4-2)28(22)33-29(25-16-9-6-10-17-25)31-32-30(33)27-21-12-11-20-26(27)24-14-7-5-8-15-24;1-20-11-10-12-21(2)27(20)32-28(30-31-19-23-15-6-7-17-25(23)29(31)32)26-18-9-8-16-24(26)22-13-4-3-5-14-22;1-20-17-21(2)19-24(18-20)31-27(23-13-7-4-8-14-23)29-30-28(31)26-16-10-9-15-25(26)22-11-5-3-6-12-22;;/h5-16,18-21H,3-4H2,1-2H3;3-19H,1-2H3;3-13,15-19H,1-2H3;;/q-1;;-1;;. The van der Waals surface area contributed by atoms with Gasteiger partial charge < -0.3 is 9.13 Å². The first-order valence-electron chi connectivity index (χ1n) is 32.8. The molecule has 0 atom stereocenters. The van der Waals surface area contributed by atoms with Gasteiger partial charge in [0.05, 0.1) is 17.3 Å². The van der Waals surface area contributed by atoms with Crippen LogP contribution in [0.4, 0.5) is 0 Å². The second-order valence-electron chi connectivity index (χ2n) is 24.0. The Hall–Kier alpha value is -10.8. The molecule has 0 fully saturated rings. The third kappa shape index (κ3) is 13.6. The van der Waals surface area contributed by atoms with Gasteiger partial charge in [0, 0.05) is 85.2 Å². The molecule has 0 N–H and O–H groups in total. The first-order chi connectivity index (χ1) is 47.2. The molecule has 12 aromatic carbocycles. The molecule has 484 valence electrons. The van der Waals surface area contributed by atoms with Gasteiger partial charge in [-0.05, 0) is 119 Å². The maximum absolute atomic E-state index is 5.14. The third-order valence-electron chi connectivity index (χ3n) is 17.6. The summed E-state index contributed by atoms with van der Waals surface area (Å²) in [5.74, 6) is 4.20. The number of rotatable bonds is 13. The first-order valence-corrected chi connectivity index (χ1v) is 32.8. The molecule has 11 heteroatoms. The number of hydrogen-bond acceptors (Lipinski definition) is 5. The topological polar surface area (TPSA) is 83.6 Å². The Bertz CT molecular complexity index is 5300. The van der Waals surface area contributed by atoms with Crippen molar-refractivity contribution in [3.63, 3.8) is 0 Å². The quantitative estimate of drug-likeness (QED) is 0.107. The van der Waals surface area contributed by atoms with Crippen LogP contribution in [0.5, 0.6) is 0 Å². The number of fused-ring (bicyclic) bond motifs is 3. The third-order valence-corrected chi connectivity index (χ3v) is 17.6. The summed E-state index contributed by atoms with van der Waals surface area (Å²) in [4.78, 5) is 0. The number of benzene rings is 12. The summed E-state index contributed by atoms with van der Waals surface area (Å²) < 4.78 is 8.77. The molecular formula is C87H71Ir2N9-2. The maximum Gasteiger partial charge on any atom is 0.167 e. The van der Waals surface area contributed by atoms with Gasteiger partial charge in [-0.1, -0.05) is 244 Å². The maximum atomic E-state index is 5.14. The monoisotopic (exact) mass is 1630 g/mol.